The molecule has 3 N–H and O–H groups in total. The molecule has 0 aliphatic heterocycles. The maximum Gasteiger partial charge on any atom is 0.251 e. The van der Waals surface area contributed by atoms with Crippen LogP contribution in [0.15, 0.2) is 29.2 Å². The molecule has 1 aliphatic carbocycles. The van der Waals surface area contributed by atoms with Gasteiger partial charge in [-0.1, -0.05) is 0 Å². The van der Waals surface area contributed by atoms with Gasteiger partial charge in [0.2, 0.25) is 15.9 Å². The molecule has 0 unspecified atom stereocenters. The Morgan fingerprint density at radius 3 is 2.30 bits per heavy atom. The number of rotatable bonds is 7. The van der Waals surface area contributed by atoms with Gasteiger partial charge in [-0.2, -0.15) is 0 Å². The van der Waals surface area contributed by atoms with Crippen molar-refractivity contribution < 1.29 is 22.7 Å². The summed E-state index contributed by atoms with van der Waals surface area (Å²) in [7, 11) is -0.391. The van der Waals surface area contributed by atoms with E-state index in [0.29, 0.717) is 18.7 Å². The fourth-order valence-electron chi connectivity index (χ4n) is 3.20. The van der Waals surface area contributed by atoms with E-state index in [2.05, 4.69) is 5.32 Å². The van der Waals surface area contributed by atoms with E-state index in [-0.39, 0.29) is 28.7 Å². The van der Waals surface area contributed by atoms with Gasteiger partial charge in [0, 0.05) is 38.2 Å². The maximum atomic E-state index is 12.4. The van der Waals surface area contributed by atoms with E-state index >= 15 is 0 Å². The highest BCUT2D eigenvalue weighted by molar-refractivity contribution is 7.89. The Bertz CT molecular complexity index is 756. The average Bonchev–Trinajstić information content (AvgIpc) is 2.65. The molecular weight excluding hydrogens is 370 g/mol. The molecule has 1 aromatic rings. The number of nitrogens with two attached hydrogens (primary N) is 1. The molecule has 27 heavy (non-hydrogen) atoms. The predicted molar refractivity (Wildman–Crippen MR) is 101 cm³/mol. The molecule has 8 nitrogen and oxygen atoms in total. The zero-order valence-electron chi connectivity index (χ0n) is 15.7. The van der Waals surface area contributed by atoms with Gasteiger partial charge in [0.1, 0.15) is 0 Å². The van der Waals surface area contributed by atoms with Crippen LogP contribution in [-0.4, -0.2) is 58.5 Å². The van der Waals surface area contributed by atoms with E-state index in [1.165, 1.54) is 24.3 Å². The van der Waals surface area contributed by atoms with Crippen molar-refractivity contribution >= 4 is 21.8 Å². The lowest BCUT2D eigenvalue weighted by Gasteiger charge is -2.31. The number of carbonyl (C=O) groups excluding carboxylic acids is 2. The van der Waals surface area contributed by atoms with Gasteiger partial charge in [-0.05, 0) is 49.9 Å². The minimum atomic E-state index is -3.78. The third kappa shape index (κ3) is 6.02. The van der Waals surface area contributed by atoms with Crippen molar-refractivity contribution in [2.24, 2.45) is 11.1 Å². The van der Waals surface area contributed by atoms with Crippen molar-refractivity contribution in [2.45, 2.75) is 36.6 Å². The zero-order valence-corrected chi connectivity index (χ0v) is 16.5. The van der Waals surface area contributed by atoms with Crippen LogP contribution in [0.25, 0.3) is 0 Å². The number of carbonyl (C=O) groups is 2. The van der Waals surface area contributed by atoms with E-state index in [1.807, 2.05) is 0 Å². The SMILES string of the molecule is COCCN(C)C(=O)C1CCC(NC(=O)c2ccc(S(N)(=O)=O)cc2)CC1. The summed E-state index contributed by atoms with van der Waals surface area (Å²) >= 11 is 0. The van der Waals surface area contributed by atoms with Crippen LogP contribution in [0.2, 0.25) is 0 Å². The summed E-state index contributed by atoms with van der Waals surface area (Å²) in [5, 5.41) is 8.00. The summed E-state index contributed by atoms with van der Waals surface area (Å²) in [5.41, 5.74) is 0.375. The van der Waals surface area contributed by atoms with Crippen LogP contribution in [-0.2, 0) is 19.6 Å². The van der Waals surface area contributed by atoms with Crippen LogP contribution in [0.3, 0.4) is 0 Å². The second-order valence-corrected chi connectivity index (χ2v) is 8.41. The number of ether oxygens (including phenoxy) is 1. The van der Waals surface area contributed by atoms with Gasteiger partial charge >= 0.3 is 0 Å². The number of hydrogen-bond acceptors (Lipinski definition) is 5. The number of nitrogens with zero attached hydrogens (tertiary/aromatic N) is 1. The highest BCUT2D eigenvalue weighted by atomic mass is 32.2. The number of methoxy groups -OCH3 is 1. The number of hydrogen-bond donors (Lipinski definition) is 2. The van der Waals surface area contributed by atoms with Crippen molar-refractivity contribution in [2.75, 3.05) is 27.3 Å². The van der Waals surface area contributed by atoms with Gasteiger partial charge in [-0.3, -0.25) is 9.59 Å². The monoisotopic (exact) mass is 397 g/mol. The third-order valence-electron chi connectivity index (χ3n) is 4.86. The minimum absolute atomic E-state index is 0.00347. The Morgan fingerprint density at radius 1 is 1.19 bits per heavy atom. The molecule has 2 rings (SSSR count). The lowest BCUT2D eigenvalue weighted by Crippen LogP contribution is -2.42. The van der Waals surface area contributed by atoms with Crippen LogP contribution in [0.4, 0.5) is 0 Å². The van der Waals surface area contributed by atoms with Crippen LogP contribution in [0.1, 0.15) is 36.0 Å². The topological polar surface area (TPSA) is 119 Å². The van der Waals surface area contributed by atoms with E-state index in [1.54, 1.807) is 19.1 Å². The van der Waals surface area contributed by atoms with Gasteiger partial charge in [0.15, 0.2) is 0 Å². The maximum absolute atomic E-state index is 12.4. The number of likely N-dealkylation sites (N-methyl/N-ethyl adjacent to an activating group) is 1. The first kappa shape index (κ1) is 21.3. The van der Waals surface area contributed by atoms with E-state index in [4.69, 9.17) is 9.88 Å². The van der Waals surface area contributed by atoms with Crippen molar-refractivity contribution in [1.82, 2.24) is 10.2 Å². The Labute approximate surface area is 160 Å². The molecule has 2 amide bonds. The summed E-state index contributed by atoms with van der Waals surface area (Å²) in [6.45, 7) is 1.08. The van der Waals surface area contributed by atoms with E-state index in [0.717, 1.165) is 25.7 Å². The lowest BCUT2D eigenvalue weighted by molar-refractivity contribution is -0.135. The lowest BCUT2D eigenvalue weighted by atomic mass is 9.85. The number of amides is 2. The van der Waals surface area contributed by atoms with Gasteiger partial charge in [-0.25, -0.2) is 13.6 Å². The van der Waals surface area contributed by atoms with Crippen LogP contribution >= 0.6 is 0 Å². The molecule has 1 aliphatic rings. The first-order chi connectivity index (χ1) is 12.7. The average molecular weight is 397 g/mol. The second-order valence-electron chi connectivity index (χ2n) is 6.84. The highest BCUT2D eigenvalue weighted by Gasteiger charge is 2.29. The van der Waals surface area contributed by atoms with Crippen molar-refractivity contribution in [3.05, 3.63) is 29.8 Å². The zero-order chi connectivity index (χ0) is 20.0. The Morgan fingerprint density at radius 2 is 1.78 bits per heavy atom. The first-order valence-electron chi connectivity index (χ1n) is 8.90. The fourth-order valence-corrected chi connectivity index (χ4v) is 3.71. The molecule has 0 heterocycles. The Balaban J connectivity index is 1.84. The molecule has 1 saturated carbocycles. The van der Waals surface area contributed by atoms with Gasteiger partial charge in [-0.15, -0.1) is 0 Å². The van der Waals surface area contributed by atoms with Gasteiger partial charge < -0.3 is 15.0 Å². The largest absolute Gasteiger partial charge is 0.383 e. The molecule has 1 fully saturated rings. The molecular formula is C18H27N3O5S. The Hall–Kier alpha value is -1.97. The summed E-state index contributed by atoms with van der Waals surface area (Å²) in [6.07, 6.45) is 2.92. The minimum Gasteiger partial charge on any atom is -0.383 e. The number of primary sulfonamides is 1. The quantitative estimate of drug-likeness (QED) is 0.703. The third-order valence-corrected chi connectivity index (χ3v) is 5.79. The molecule has 0 bridgehead atoms. The highest BCUT2D eigenvalue weighted by Crippen LogP contribution is 2.26. The summed E-state index contributed by atoms with van der Waals surface area (Å²) in [6, 6.07) is 5.51. The van der Waals surface area contributed by atoms with E-state index < -0.39 is 10.0 Å². The standard InChI is InChI=1S/C18H27N3O5S/c1-21(11-12-26-2)18(23)14-3-7-15(8-4-14)20-17(22)13-5-9-16(10-6-13)27(19,24)25/h5-6,9-10,14-15H,3-4,7-8,11-12H2,1-2H3,(H,20,22)(H2,19,24,25). The molecule has 0 saturated heterocycles. The van der Waals surface area contributed by atoms with Gasteiger partial charge in [0.05, 0.1) is 11.5 Å². The van der Waals surface area contributed by atoms with Crippen molar-refractivity contribution in [3.8, 4) is 0 Å². The van der Waals surface area contributed by atoms with E-state index in [9.17, 15) is 18.0 Å². The number of sulfonamides is 1. The normalized spacial score (nSPS) is 20.1. The molecule has 1 aromatic carbocycles. The molecule has 9 heteroatoms. The van der Waals surface area contributed by atoms with Crippen LogP contribution < -0.4 is 10.5 Å². The predicted octanol–water partition coefficient (Wildman–Crippen LogP) is 0.727. The van der Waals surface area contributed by atoms with Crippen molar-refractivity contribution in [3.63, 3.8) is 0 Å². The molecule has 0 radical (unpaired) electrons. The summed E-state index contributed by atoms with van der Waals surface area (Å²) in [4.78, 5) is 26.4. The smallest absolute Gasteiger partial charge is 0.251 e. The van der Waals surface area contributed by atoms with Gasteiger partial charge in [0.25, 0.3) is 5.91 Å². The first-order valence-corrected chi connectivity index (χ1v) is 10.4. The Kier molecular flexibility index (Phi) is 7.34. The van der Waals surface area contributed by atoms with Crippen molar-refractivity contribution in [1.29, 1.82) is 0 Å². The summed E-state index contributed by atoms with van der Waals surface area (Å²) in [5.74, 6) is -0.160. The second kappa shape index (κ2) is 9.29. The molecule has 150 valence electrons. The molecule has 0 atom stereocenters. The summed E-state index contributed by atoms with van der Waals surface area (Å²) < 4.78 is 27.5. The fraction of sp³-hybridized carbons (Fsp3) is 0.556. The van der Waals surface area contributed by atoms with Crippen LogP contribution in [0.5, 0.6) is 0 Å². The van der Waals surface area contributed by atoms with Crippen LogP contribution in [0, 0.1) is 5.92 Å². The number of nitrogens with one attached hydrogen (secondary N) is 1. The molecule has 0 aromatic heterocycles. The number of benzene rings is 1. The molecule has 0 spiro atoms.